The summed E-state index contributed by atoms with van der Waals surface area (Å²) >= 11 is 9.74. The Kier molecular flexibility index (Phi) is 4.63. The first kappa shape index (κ1) is 15.0. The zero-order valence-corrected chi connectivity index (χ0v) is 14.3. The van der Waals surface area contributed by atoms with Gasteiger partial charge in [-0.3, -0.25) is 4.98 Å². The van der Waals surface area contributed by atoms with E-state index in [-0.39, 0.29) is 6.04 Å². The fourth-order valence-corrected chi connectivity index (χ4v) is 4.14. The third-order valence-electron chi connectivity index (χ3n) is 4.13. The summed E-state index contributed by atoms with van der Waals surface area (Å²) in [6.07, 6.45) is 4.15. The lowest BCUT2D eigenvalue weighted by molar-refractivity contribution is 0.446. The van der Waals surface area contributed by atoms with Crippen LogP contribution in [-0.2, 0) is 6.42 Å². The number of halogens is 2. The highest BCUT2D eigenvalue weighted by atomic mass is 79.9. The smallest absolute Gasteiger partial charge is 0.0485 e. The zero-order chi connectivity index (χ0) is 14.8. The van der Waals surface area contributed by atoms with E-state index < -0.39 is 0 Å². The van der Waals surface area contributed by atoms with Crippen LogP contribution in [0.4, 0.5) is 0 Å². The second-order valence-corrected chi connectivity index (χ2v) is 6.68. The molecular weight excluding hydrogens is 348 g/mol. The minimum atomic E-state index is 0.262. The summed E-state index contributed by atoms with van der Waals surface area (Å²) in [5, 5.41) is 4.38. The summed E-state index contributed by atoms with van der Waals surface area (Å²) in [6.45, 7) is 3.07. The van der Waals surface area contributed by atoms with Crippen molar-refractivity contribution in [3.63, 3.8) is 0 Å². The third-order valence-corrected chi connectivity index (χ3v) is 5.05. The lowest BCUT2D eigenvalue weighted by Gasteiger charge is -2.26. The molecule has 3 rings (SSSR count). The van der Waals surface area contributed by atoms with E-state index in [0.29, 0.717) is 5.92 Å². The van der Waals surface area contributed by atoms with Crippen LogP contribution >= 0.6 is 27.5 Å². The predicted molar refractivity (Wildman–Crippen MR) is 90.9 cm³/mol. The molecule has 0 fully saturated rings. The van der Waals surface area contributed by atoms with Crippen LogP contribution in [0.3, 0.4) is 0 Å². The Morgan fingerprint density at radius 2 is 2.29 bits per heavy atom. The van der Waals surface area contributed by atoms with E-state index in [4.69, 9.17) is 11.6 Å². The number of nitrogens with zero attached hydrogens (tertiary/aromatic N) is 1. The molecular formula is C17H18BrClN2. The highest BCUT2D eigenvalue weighted by molar-refractivity contribution is 9.10. The number of pyridine rings is 1. The second-order valence-electron chi connectivity index (χ2n) is 5.39. The van der Waals surface area contributed by atoms with E-state index in [1.54, 1.807) is 0 Å². The Morgan fingerprint density at radius 3 is 3.05 bits per heavy atom. The summed E-state index contributed by atoms with van der Waals surface area (Å²) in [7, 11) is 0. The van der Waals surface area contributed by atoms with Crippen molar-refractivity contribution in [3.05, 3.63) is 62.8 Å². The SMILES string of the molecule is CCNC(c1ccc(Cl)cc1Br)C1CCc2cccnc21. The molecule has 0 aliphatic heterocycles. The Labute approximate surface area is 139 Å². The Balaban J connectivity index is 1.99. The molecule has 0 amide bonds. The van der Waals surface area contributed by atoms with Crippen molar-refractivity contribution in [2.75, 3.05) is 6.54 Å². The van der Waals surface area contributed by atoms with E-state index in [0.717, 1.165) is 28.9 Å². The lowest BCUT2D eigenvalue weighted by atomic mass is 9.90. The van der Waals surface area contributed by atoms with Gasteiger partial charge in [-0.2, -0.15) is 0 Å². The number of rotatable bonds is 4. The topological polar surface area (TPSA) is 24.9 Å². The first-order valence-corrected chi connectivity index (χ1v) is 8.50. The van der Waals surface area contributed by atoms with Crippen molar-refractivity contribution in [2.45, 2.75) is 31.7 Å². The van der Waals surface area contributed by atoms with Crippen LogP contribution in [0.1, 0.15) is 42.1 Å². The van der Waals surface area contributed by atoms with Crippen LogP contribution in [0.2, 0.25) is 5.02 Å². The van der Waals surface area contributed by atoms with Crippen molar-refractivity contribution in [2.24, 2.45) is 0 Å². The van der Waals surface area contributed by atoms with E-state index >= 15 is 0 Å². The molecule has 1 aliphatic carbocycles. The molecule has 0 saturated heterocycles. The van der Waals surface area contributed by atoms with Crippen LogP contribution in [0, 0.1) is 0 Å². The second kappa shape index (κ2) is 6.47. The van der Waals surface area contributed by atoms with Crippen molar-refractivity contribution in [3.8, 4) is 0 Å². The fourth-order valence-electron chi connectivity index (χ4n) is 3.21. The van der Waals surface area contributed by atoms with Gasteiger partial charge in [0.2, 0.25) is 0 Å². The number of aryl methyl sites for hydroxylation is 1. The van der Waals surface area contributed by atoms with Crippen molar-refractivity contribution < 1.29 is 0 Å². The molecule has 1 N–H and O–H groups in total. The van der Waals surface area contributed by atoms with E-state index in [9.17, 15) is 0 Å². The Morgan fingerprint density at radius 1 is 1.43 bits per heavy atom. The number of likely N-dealkylation sites (N-methyl/N-ethyl adjacent to an activating group) is 1. The maximum atomic E-state index is 6.08. The Bertz CT molecular complexity index is 644. The molecule has 1 aromatic heterocycles. The average molecular weight is 366 g/mol. The summed E-state index contributed by atoms with van der Waals surface area (Å²) in [4.78, 5) is 4.64. The highest BCUT2D eigenvalue weighted by Gasteiger charge is 2.32. The van der Waals surface area contributed by atoms with Crippen LogP contribution in [0.5, 0.6) is 0 Å². The van der Waals surface area contributed by atoms with E-state index in [2.05, 4.69) is 45.3 Å². The molecule has 2 nitrogen and oxygen atoms in total. The number of hydrogen-bond acceptors (Lipinski definition) is 2. The molecule has 2 atom stereocenters. The molecule has 0 saturated carbocycles. The first-order valence-electron chi connectivity index (χ1n) is 7.32. The van der Waals surface area contributed by atoms with Gasteiger partial charge in [0.15, 0.2) is 0 Å². The number of aromatic nitrogens is 1. The Hall–Kier alpha value is -0.900. The zero-order valence-electron chi connectivity index (χ0n) is 11.9. The van der Waals surface area contributed by atoms with Crippen molar-refractivity contribution in [1.82, 2.24) is 10.3 Å². The minimum Gasteiger partial charge on any atom is -0.310 e. The molecule has 4 heteroatoms. The van der Waals surface area contributed by atoms with Gasteiger partial charge in [-0.05, 0) is 48.7 Å². The number of benzene rings is 1. The molecule has 21 heavy (non-hydrogen) atoms. The van der Waals surface area contributed by atoms with Gasteiger partial charge in [0, 0.05) is 33.3 Å². The fraction of sp³-hybridized carbons (Fsp3) is 0.353. The van der Waals surface area contributed by atoms with E-state index in [1.165, 1.54) is 16.8 Å². The number of hydrogen-bond donors (Lipinski definition) is 1. The van der Waals surface area contributed by atoms with E-state index in [1.807, 2.05) is 24.4 Å². The van der Waals surface area contributed by atoms with Crippen molar-refractivity contribution in [1.29, 1.82) is 0 Å². The largest absolute Gasteiger partial charge is 0.310 e. The van der Waals surface area contributed by atoms with Crippen LogP contribution < -0.4 is 5.32 Å². The number of nitrogens with one attached hydrogen (secondary N) is 1. The molecule has 0 spiro atoms. The van der Waals surface area contributed by atoms with Crippen LogP contribution in [-0.4, -0.2) is 11.5 Å². The minimum absolute atomic E-state index is 0.262. The first-order chi connectivity index (χ1) is 10.2. The number of fused-ring (bicyclic) bond motifs is 1. The molecule has 0 bridgehead atoms. The summed E-state index contributed by atoms with van der Waals surface area (Å²) in [6, 6.07) is 10.5. The average Bonchev–Trinajstić information content (AvgIpc) is 2.89. The monoisotopic (exact) mass is 364 g/mol. The molecule has 1 aromatic carbocycles. The van der Waals surface area contributed by atoms with Crippen LogP contribution in [0.15, 0.2) is 41.0 Å². The normalized spacial score (nSPS) is 18.5. The third kappa shape index (κ3) is 3.01. The molecule has 0 radical (unpaired) electrons. The standard InChI is InChI=1S/C17H18BrClN2/c1-2-20-17(13-8-6-12(19)10-15(13)18)14-7-5-11-4-3-9-21-16(11)14/h3-4,6,8-10,14,17,20H,2,5,7H2,1H3. The maximum absolute atomic E-state index is 6.08. The molecule has 110 valence electrons. The van der Waals surface area contributed by atoms with Gasteiger partial charge in [0.25, 0.3) is 0 Å². The molecule has 2 aromatic rings. The molecule has 1 aliphatic rings. The van der Waals surface area contributed by atoms with Gasteiger partial charge in [-0.25, -0.2) is 0 Å². The summed E-state index contributed by atoms with van der Waals surface area (Å²) in [5.41, 5.74) is 3.88. The van der Waals surface area contributed by atoms with Gasteiger partial charge in [-0.1, -0.05) is 46.6 Å². The highest BCUT2D eigenvalue weighted by Crippen LogP contribution is 2.42. The quantitative estimate of drug-likeness (QED) is 0.835. The van der Waals surface area contributed by atoms with Gasteiger partial charge in [-0.15, -0.1) is 0 Å². The summed E-state index contributed by atoms with van der Waals surface area (Å²) < 4.78 is 1.06. The van der Waals surface area contributed by atoms with Gasteiger partial charge >= 0.3 is 0 Å². The summed E-state index contributed by atoms with van der Waals surface area (Å²) in [5.74, 6) is 0.415. The molecule has 2 unspecified atom stereocenters. The van der Waals surface area contributed by atoms with Gasteiger partial charge in [0.1, 0.15) is 0 Å². The van der Waals surface area contributed by atoms with Gasteiger partial charge < -0.3 is 5.32 Å². The van der Waals surface area contributed by atoms with Gasteiger partial charge in [0.05, 0.1) is 0 Å². The molecule has 1 heterocycles. The van der Waals surface area contributed by atoms with Crippen molar-refractivity contribution >= 4 is 27.5 Å². The lowest BCUT2D eigenvalue weighted by Crippen LogP contribution is -2.26. The predicted octanol–water partition coefficient (Wildman–Crippen LogP) is 4.88. The maximum Gasteiger partial charge on any atom is 0.0485 e. The van der Waals surface area contributed by atoms with Crippen LogP contribution in [0.25, 0.3) is 0 Å².